The van der Waals surface area contributed by atoms with Crippen LogP contribution in [0.3, 0.4) is 0 Å². The zero-order chi connectivity index (χ0) is 20.1. The molecule has 0 aliphatic carbocycles. The molecule has 1 aliphatic heterocycles. The highest BCUT2D eigenvalue weighted by molar-refractivity contribution is 8.26. The molecule has 8 nitrogen and oxygen atoms in total. The smallest absolute Gasteiger partial charge is 0.326 e. The number of rotatable bonds is 7. The third-order valence-corrected chi connectivity index (χ3v) is 5.19. The van der Waals surface area contributed by atoms with Gasteiger partial charge in [0.05, 0.1) is 4.91 Å². The van der Waals surface area contributed by atoms with Crippen molar-refractivity contribution in [2.75, 3.05) is 7.05 Å². The first-order chi connectivity index (χ1) is 12.7. The van der Waals surface area contributed by atoms with Gasteiger partial charge in [-0.2, -0.15) is 0 Å². The maximum absolute atomic E-state index is 12.2. The normalized spacial score (nSPS) is 16.5. The molecule has 3 N–H and O–H groups in total. The van der Waals surface area contributed by atoms with Gasteiger partial charge in [0.25, 0.3) is 11.8 Å². The van der Waals surface area contributed by atoms with E-state index in [0.29, 0.717) is 14.8 Å². The standard InChI is InChI=1S/C17H16N2O6S2/c1-19-15(23)12(27-17(19)26)8-9-2-4-10(5-3-9)14(22)18-11(16(24)25)6-7-13(20)21/h2-5,8,11H,6-7H2,1H3,(H,18,22)(H,20,21)(H,24,25)/b12-8-. The van der Waals surface area contributed by atoms with E-state index in [1.54, 1.807) is 25.3 Å². The molecule has 2 rings (SSSR count). The number of hydrogen-bond donors (Lipinski definition) is 3. The molecule has 10 heteroatoms. The van der Waals surface area contributed by atoms with Crippen molar-refractivity contribution >= 4 is 58.1 Å². The van der Waals surface area contributed by atoms with Gasteiger partial charge < -0.3 is 15.5 Å². The van der Waals surface area contributed by atoms with Crippen molar-refractivity contribution in [1.29, 1.82) is 0 Å². The number of benzene rings is 1. The number of nitrogens with one attached hydrogen (secondary N) is 1. The van der Waals surface area contributed by atoms with Crippen LogP contribution >= 0.6 is 24.0 Å². The summed E-state index contributed by atoms with van der Waals surface area (Å²) in [5.41, 5.74) is 0.901. The summed E-state index contributed by atoms with van der Waals surface area (Å²) in [5.74, 6) is -3.27. The molecule has 1 unspecified atom stereocenters. The van der Waals surface area contributed by atoms with Gasteiger partial charge in [0.1, 0.15) is 10.4 Å². The number of carbonyl (C=O) groups excluding carboxylic acids is 2. The second-order valence-corrected chi connectivity index (χ2v) is 7.34. The number of carboxylic acid groups (broad SMARTS) is 2. The van der Waals surface area contributed by atoms with Crippen LogP contribution < -0.4 is 5.32 Å². The van der Waals surface area contributed by atoms with Gasteiger partial charge in [-0.1, -0.05) is 36.1 Å². The van der Waals surface area contributed by atoms with Gasteiger partial charge in [0.2, 0.25) is 0 Å². The lowest BCUT2D eigenvalue weighted by molar-refractivity contribution is -0.140. The Balaban J connectivity index is 2.06. The summed E-state index contributed by atoms with van der Waals surface area (Å²) in [7, 11) is 1.59. The number of aliphatic carboxylic acids is 2. The Bertz CT molecular complexity index is 834. The first kappa shape index (κ1) is 20.6. The zero-order valence-corrected chi connectivity index (χ0v) is 15.8. The van der Waals surface area contributed by atoms with E-state index in [4.69, 9.17) is 22.4 Å². The average Bonchev–Trinajstić information content (AvgIpc) is 2.85. The van der Waals surface area contributed by atoms with Gasteiger partial charge in [-0.25, -0.2) is 4.79 Å². The molecule has 0 bridgehead atoms. The quantitative estimate of drug-likeness (QED) is 0.459. The summed E-state index contributed by atoms with van der Waals surface area (Å²) in [5, 5.41) is 20.0. The number of nitrogens with zero attached hydrogens (tertiary/aromatic N) is 1. The van der Waals surface area contributed by atoms with Crippen LogP contribution in [-0.4, -0.2) is 56.3 Å². The number of carboxylic acids is 2. The Morgan fingerprint density at radius 1 is 1.26 bits per heavy atom. The number of thioether (sulfide) groups is 1. The van der Waals surface area contributed by atoms with Crippen LogP contribution in [0.15, 0.2) is 29.2 Å². The van der Waals surface area contributed by atoms with Crippen LogP contribution in [-0.2, 0) is 14.4 Å². The van der Waals surface area contributed by atoms with Gasteiger partial charge >= 0.3 is 11.9 Å². The maximum atomic E-state index is 12.2. The Morgan fingerprint density at radius 3 is 2.37 bits per heavy atom. The molecule has 1 aromatic carbocycles. The fourth-order valence-electron chi connectivity index (χ4n) is 2.19. The lowest BCUT2D eigenvalue weighted by Gasteiger charge is -2.13. The van der Waals surface area contributed by atoms with E-state index >= 15 is 0 Å². The summed E-state index contributed by atoms with van der Waals surface area (Å²) in [4.78, 5) is 47.7. The van der Waals surface area contributed by atoms with Crippen molar-refractivity contribution in [2.24, 2.45) is 0 Å². The molecule has 27 heavy (non-hydrogen) atoms. The van der Waals surface area contributed by atoms with E-state index in [1.807, 2.05) is 0 Å². The molecule has 2 amide bonds. The second-order valence-electron chi connectivity index (χ2n) is 5.66. The largest absolute Gasteiger partial charge is 0.481 e. The number of hydrogen-bond acceptors (Lipinski definition) is 6. The number of amides is 2. The van der Waals surface area contributed by atoms with Gasteiger partial charge in [-0.15, -0.1) is 0 Å². The van der Waals surface area contributed by atoms with E-state index in [0.717, 1.165) is 0 Å². The molecule has 1 aromatic rings. The summed E-state index contributed by atoms with van der Waals surface area (Å²) in [6.07, 6.45) is 1.07. The van der Waals surface area contributed by atoms with Gasteiger partial charge in [-0.3, -0.25) is 19.3 Å². The monoisotopic (exact) mass is 408 g/mol. The lowest BCUT2D eigenvalue weighted by atomic mass is 10.1. The predicted octanol–water partition coefficient (Wildman–Crippen LogP) is 1.57. The highest BCUT2D eigenvalue weighted by Gasteiger charge is 2.28. The fourth-order valence-corrected chi connectivity index (χ4v) is 3.37. The lowest BCUT2D eigenvalue weighted by Crippen LogP contribution is -2.41. The third kappa shape index (κ3) is 5.38. The molecule has 0 spiro atoms. The van der Waals surface area contributed by atoms with Crippen LogP contribution in [0.5, 0.6) is 0 Å². The topological polar surface area (TPSA) is 124 Å². The predicted molar refractivity (Wildman–Crippen MR) is 103 cm³/mol. The SMILES string of the molecule is CN1C(=O)/C(=C/c2ccc(C(=O)NC(CCC(=O)O)C(=O)O)cc2)SC1=S. The van der Waals surface area contributed by atoms with Crippen molar-refractivity contribution in [1.82, 2.24) is 10.2 Å². The van der Waals surface area contributed by atoms with E-state index in [2.05, 4.69) is 5.32 Å². The van der Waals surface area contributed by atoms with Crippen LogP contribution in [0.4, 0.5) is 0 Å². The average molecular weight is 408 g/mol. The second kappa shape index (κ2) is 8.78. The number of thiocarbonyl (C=S) groups is 1. The highest BCUT2D eigenvalue weighted by Crippen LogP contribution is 2.31. The Hall–Kier alpha value is -2.72. The summed E-state index contributed by atoms with van der Waals surface area (Å²) in [6.45, 7) is 0. The van der Waals surface area contributed by atoms with Crippen LogP contribution in [0.25, 0.3) is 6.08 Å². The van der Waals surface area contributed by atoms with Crippen LogP contribution in [0.2, 0.25) is 0 Å². The molecular formula is C17H16N2O6S2. The van der Waals surface area contributed by atoms with Crippen molar-refractivity contribution in [3.8, 4) is 0 Å². The van der Waals surface area contributed by atoms with Gasteiger partial charge in [-0.05, 0) is 30.2 Å². The molecule has 1 aliphatic rings. The first-order valence-electron chi connectivity index (χ1n) is 7.76. The fraction of sp³-hybridized carbons (Fsp3) is 0.235. The summed E-state index contributed by atoms with van der Waals surface area (Å²) in [6, 6.07) is 4.92. The van der Waals surface area contributed by atoms with E-state index in [9.17, 15) is 19.2 Å². The molecule has 0 radical (unpaired) electrons. The number of carbonyl (C=O) groups is 4. The maximum Gasteiger partial charge on any atom is 0.326 e. The minimum atomic E-state index is -1.30. The van der Waals surface area contributed by atoms with Gasteiger partial charge in [0.15, 0.2) is 0 Å². The summed E-state index contributed by atoms with van der Waals surface area (Å²) >= 11 is 6.24. The van der Waals surface area contributed by atoms with Crippen LogP contribution in [0, 0.1) is 0 Å². The summed E-state index contributed by atoms with van der Waals surface area (Å²) < 4.78 is 0.461. The van der Waals surface area contributed by atoms with E-state index in [1.165, 1.54) is 28.8 Å². The minimum absolute atomic E-state index is 0.199. The Kier molecular flexibility index (Phi) is 6.70. The zero-order valence-electron chi connectivity index (χ0n) is 14.2. The molecule has 1 fully saturated rings. The Labute approximate surface area is 164 Å². The third-order valence-electron chi connectivity index (χ3n) is 3.71. The first-order valence-corrected chi connectivity index (χ1v) is 8.98. The van der Waals surface area contributed by atoms with Crippen LogP contribution in [0.1, 0.15) is 28.8 Å². The molecule has 0 saturated carbocycles. The minimum Gasteiger partial charge on any atom is -0.481 e. The molecule has 1 saturated heterocycles. The van der Waals surface area contributed by atoms with Crippen molar-refractivity contribution in [3.05, 3.63) is 40.3 Å². The van der Waals surface area contributed by atoms with E-state index in [-0.39, 0.29) is 24.3 Å². The van der Waals surface area contributed by atoms with Gasteiger partial charge in [0, 0.05) is 19.0 Å². The van der Waals surface area contributed by atoms with Crippen molar-refractivity contribution < 1.29 is 29.4 Å². The molecular weight excluding hydrogens is 392 g/mol. The van der Waals surface area contributed by atoms with Crippen molar-refractivity contribution in [2.45, 2.75) is 18.9 Å². The number of likely N-dealkylation sites (N-methyl/N-ethyl adjacent to an activating group) is 1. The molecule has 142 valence electrons. The Morgan fingerprint density at radius 2 is 1.89 bits per heavy atom. The van der Waals surface area contributed by atoms with E-state index < -0.39 is 23.9 Å². The molecule has 0 aromatic heterocycles. The molecule has 1 heterocycles. The molecule has 1 atom stereocenters. The van der Waals surface area contributed by atoms with Crippen molar-refractivity contribution in [3.63, 3.8) is 0 Å². The highest BCUT2D eigenvalue weighted by atomic mass is 32.2.